The van der Waals surface area contributed by atoms with Crippen LogP contribution in [-0.4, -0.2) is 15.9 Å². The molecule has 0 unspecified atom stereocenters. The van der Waals surface area contributed by atoms with Gasteiger partial charge in [0.25, 0.3) is 5.91 Å². The summed E-state index contributed by atoms with van der Waals surface area (Å²) in [6.45, 7) is 0. The van der Waals surface area contributed by atoms with Crippen molar-refractivity contribution in [1.82, 2.24) is 9.97 Å². The fourth-order valence-electron chi connectivity index (χ4n) is 3.35. The lowest BCUT2D eigenvalue weighted by Gasteiger charge is -2.10. The number of anilines is 1. The van der Waals surface area contributed by atoms with Crippen molar-refractivity contribution in [3.05, 3.63) is 115 Å². The molecule has 0 aliphatic heterocycles. The molecule has 1 amide bonds. The summed E-state index contributed by atoms with van der Waals surface area (Å²) in [5.41, 5.74) is 2.66. The average molecular weight is 433 g/mol. The van der Waals surface area contributed by atoms with E-state index in [-0.39, 0.29) is 5.91 Å². The summed E-state index contributed by atoms with van der Waals surface area (Å²) >= 11 is 0. The summed E-state index contributed by atoms with van der Waals surface area (Å²) in [5.74, 6) is 2.13. The highest BCUT2D eigenvalue weighted by Gasteiger charge is 2.17. The van der Waals surface area contributed by atoms with Gasteiger partial charge in [0, 0.05) is 29.2 Å². The number of carbonyl (C=O) groups is 1. The van der Waals surface area contributed by atoms with Gasteiger partial charge >= 0.3 is 0 Å². The average Bonchev–Trinajstić information content (AvgIpc) is 3.37. The van der Waals surface area contributed by atoms with Crippen LogP contribution < -0.4 is 10.1 Å². The van der Waals surface area contributed by atoms with Crippen LogP contribution >= 0.6 is 0 Å². The van der Waals surface area contributed by atoms with Crippen LogP contribution in [0.1, 0.15) is 10.4 Å². The maximum absolute atomic E-state index is 13.0. The largest absolute Gasteiger partial charge is 0.457 e. The zero-order valence-corrected chi connectivity index (χ0v) is 17.5. The molecule has 160 valence electrons. The molecule has 0 bridgehead atoms. The molecular weight excluding hydrogens is 414 g/mol. The number of pyridine rings is 1. The lowest BCUT2D eigenvalue weighted by atomic mass is 10.1. The van der Waals surface area contributed by atoms with Crippen molar-refractivity contribution < 1.29 is 13.9 Å². The van der Waals surface area contributed by atoms with E-state index in [4.69, 9.17) is 9.15 Å². The van der Waals surface area contributed by atoms with Gasteiger partial charge in [0.05, 0.1) is 11.8 Å². The Labute approximate surface area is 190 Å². The number of nitrogens with zero attached hydrogens (tertiary/aromatic N) is 2. The first kappa shape index (κ1) is 20.2. The molecule has 0 atom stereocenters. The van der Waals surface area contributed by atoms with E-state index in [1.165, 1.54) is 0 Å². The molecule has 5 aromatic rings. The molecule has 0 radical (unpaired) electrons. The van der Waals surface area contributed by atoms with Gasteiger partial charge in [-0.1, -0.05) is 42.5 Å². The number of hydrogen-bond acceptors (Lipinski definition) is 5. The molecule has 0 aliphatic rings. The Balaban J connectivity index is 1.33. The number of ether oxygens (including phenoxy) is 1. The predicted octanol–water partition coefficient (Wildman–Crippen LogP) is 6.45. The number of benzene rings is 3. The molecule has 5 rings (SSSR count). The molecule has 0 saturated carbocycles. The fraction of sp³-hybridized carbons (Fsp3) is 0. The van der Waals surface area contributed by atoms with Crippen LogP contribution in [-0.2, 0) is 0 Å². The van der Waals surface area contributed by atoms with Crippen molar-refractivity contribution in [3.63, 3.8) is 0 Å². The lowest BCUT2D eigenvalue weighted by molar-refractivity contribution is 0.102. The smallest absolute Gasteiger partial charge is 0.256 e. The van der Waals surface area contributed by atoms with E-state index in [0.717, 1.165) is 5.56 Å². The van der Waals surface area contributed by atoms with Crippen molar-refractivity contribution in [1.29, 1.82) is 0 Å². The van der Waals surface area contributed by atoms with Crippen LogP contribution in [0.15, 0.2) is 114 Å². The van der Waals surface area contributed by atoms with Crippen molar-refractivity contribution in [2.45, 2.75) is 0 Å². The number of carbonyl (C=O) groups excluding carboxylic acids is 1. The topological polar surface area (TPSA) is 77.2 Å². The molecule has 6 nitrogen and oxygen atoms in total. The van der Waals surface area contributed by atoms with Gasteiger partial charge in [0.2, 0.25) is 5.89 Å². The number of amides is 1. The van der Waals surface area contributed by atoms with E-state index in [1.54, 1.807) is 61.1 Å². The number of nitrogens with one attached hydrogen (secondary N) is 1. The summed E-state index contributed by atoms with van der Waals surface area (Å²) in [6.07, 6.45) is 5.00. The molecule has 33 heavy (non-hydrogen) atoms. The highest BCUT2D eigenvalue weighted by Crippen LogP contribution is 2.29. The van der Waals surface area contributed by atoms with Crippen molar-refractivity contribution >= 4 is 11.6 Å². The molecule has 2 aromatic heterocycles. The summed E-state index contributed by atoms with van der Waals surface area (Å²) < 4.78 is 11.7. The van der Waals surface area contributed by atoms with Crippen LogP contribution in [0.5, 0.6) is 11.5 Å². The zero-order valence-electron chi connectivity index (χ0n) is 17.5. The standard InChI is InChI=1S/C27H19N3O3/c31-26(30-20-10-12-21(13-11-20)32-22-14-16-28-17-15-22)23-8-4-5-9-24(23)27-29-18-25(33-27)19-6-2-1-3-7-19/h1-18H,(H,30,31). The van der Waals surface area contributed by atoms with E-state index >= 15 is 0 Å². The van der Waals surface area contributed by atoms with E-state index in [9.17, 15) is 4.79 Å². The van der Waals surface area contributed by atoms with E-state index in [2.05, 4.69) is 15.3 Å². The molecule has 0 saturated heterocycles. The third-order valence-electron chi connectivity index (χ3n) is 4.96. The van der Waals surface area contributed by atoms with E-state index in [0.29, 0.717) is 40.0 Å². The molecule has 6 heteroatoms. The second kappa shape index (κ2) is 9.20. The van der Waals surface area contributed by atoms with Gasteiger partial charge in [-0.2, -0.15) is 0 Å². The number of rotatable bonds is 6. The first-order chi connectivity index (χ1) is 16.3. The Morgan fingerprint density at radius 2 is 1.48 bits per heavy atom. The SMILES string of the molecule is O=C(Nc1ccc(Oc2ccncc2)cc1)c1ccccc1-c1ncc(-c2ccccc2)o1. The van der Waals surface area contributed by atoms with Gasteiger partial charge in [-0.15, -0.1) is 0 Å². The molecule has 0 aliphatic carbocycles. The first-order valence-corrected chi connectivity index (χ1v) is 10.4. The second-order valence-corrected chi connectivity index (χ2v) is 7.20. The van der Waals surface area contributed by atoms with Gasteiger partial charge in [0.15, 0.2) is 5.76 Å². The van der Waals surface area contributed by atoms with E-state index in [1.807, 2.05) is 48.5 Å². The second-order valence-electron chi connectivity index (χ2n) is 7.20. The van der Waals surface area contributed by atoms with Crippen molar-refractivity contribution in [2.75, 3.05) is 5.32 Å². The Kier molecular flexibility index (Phi) is 5.63. The fourth-order valence-corrected chi connectivity index (χ4v) is 3.35. The first-order valence-electron chi connectivity index (χ1n) is 10.4. The van der Waals surface area contributed by atoms with Gasteiger partial charge in [-0.05, 0) is 48.5 Å². The number of aromatic nitrogens is 2. The zero-order chi connectivity index (χ0) is 22.5. The normalized spacial score (nSPS) is 10.5. The quantitative estimate of drug-likeness (QED) is 0.333. The monoisotopic (exact) mass is 433 g/mol. The molecule has 3 aromatic carbocycles. The summed E-state index contributed by atoms with van der Waals surface area (Å²) in [5, 5.41) is 2.92. The highest BCUT2D eigenvalue weighted by molar-refractivity contribution is 6.08. The molecule has 0 spiro atoms. The number of hydrogen-bond donors (Lipinski definition) is 1. The highest BCUT2D eigenvalue weighted by atomic mass is 16.5. The third kappa shape index (κ3) is 4.65. The molecular formula is C27H19N3O3. The maximum Gasteiger partial charge on any atom is 0.256 e. The van der Waals surface area contributed by atoms with Crippen molar-refractivity contribution in [2.24, 2.45) is 0 Å². The van der Waals surface area contributed by atoms with Crippen LogP contribution in [0.4, 0.5) is 5.69 Å². The van der Waals surface area contributed by atoms with Gasteiger partial charge in [-0.3, -0.25) is 9.78 Å². The summed E-state index contributed by atoms with van der Waals surface area (Å²) in [6, 6.07) is 27.7. The van der Waals surface area contributed by atoms with Crippen LogP contribution in [0.25, 0.3) is 22.8 Å². The Hall–Kier alpha value is -4.71. The minimum atomic E-state index is -0.257. The van der Waals surface area contributed by atoms with Crippen LogP contribution in [0, 0.1) is 0 Å². The van der Waals surface area contributed by atoms with E-state index < -0.39 is 0 Å². The summed E-state index contributed by atoms with van der Waals surface area (Å²) in [4.78, 5) is 21.4. The van der Waals surface area contributed by atoms with Crippen LogP contribution in [0.3, 0.4) is 0 Å². The van der Waals surface area contributed by atoms with Gasteiger partial charge in [-0.25, -0.2) is 4.98 Å². The van der Waals surface area contributed by atoms with Crippen molar-refractivity contribution in [3.8, 4) is 34.3 Å². The maximum atomic E-state index is 13.0. The Morgan fingerprint density at radius 1 is 0.788 bits per heavy atom. The predicted molar refractivity (Wildman–Crippen MR) is 126 cm³/mol. The van der Waals surface area contributed by atoms with Crippen LogP contribution in [0.2, 0.25) is 0 Å². The minimum absolute atomic E-state index is 0.257. The Morgan fingerprint density at radius 3 is 2.27 bits per heavy atom. The number of oxazole rings is 1. The minimum Gasteiger partial charge on any atom is -0.457 e. The molecule has 1 N–H and O–H groups in total. The molecule has 2 heterocycles. The van der Waals surface area contributed by atoms with Gasteiger partial charge < -0.3 is 14.5 Å². The van der Waals surface area contributed by atoms with Gasteiger partial charge in [0.1, 0.15) is 11.5 Å². The summed E-state index contributed by atoms with van der Waals surface area (Å²) in [7, 11) is 0. The Bertz CT molecular complexity index is 1360. The third-order valence-corrected chi connectivity index (χ3v) is 4.96. The lowest BCUT2D eigenvalue weighted by Crippen LogP contribution is -2.13. The molecule has 0 fully saturated rings.